The van der Waals surface area contributed by atoms with Gasteiger partial charge in [0.15, 0.2) is 5.84 Å². The molecular formula is C14H19N5O2. The zero-order chi connectivity index (χ0) is 15.1. The van der Waals surface area contributed by atoms with Crippen molar-refractivity contribution in [3.8, 4) is 5.75 Å². The number of ether oxygens (including phenoxy) is 1. The first-order chi connectivity index (χ1) is 10.2. The maximum atomic E-state index is 8.73. The number of aromatic nitrogens is 2. The van der Waals surface area contributed by atoms with Crippen molar-refractivity contribution in [2.45, 2.75) is 13.1 Å². The number of benzene rings is 1. The molecule has 4 N–H and O–H groups in total. The molecule has 21 heavy (non-hydrogen) atoms. The van der Waals surface area contributed by atoms with Gasteiger partial charge in [0, 0.05) is 36.6 Å². The predicted molar refractivity (Wildman–Crippen MR) is 79.4 cm³/mol. The van der Waals surface area contributed by atoms with Crippen LogP contribution in [0.2, 0.25) is 0 Å². The standard InChI is InChI=1S/C14H19N5O2/c1-21-13-4-3-11(14(15)18-20)9-12(13)10-16-6-8-19-7-2-5-17-19/h2-5,7,9,16,20H,6,8,10H2,1H3,(H2,15,18). The van der Waals surface area contributed by atoms with Gasteiger partial charge < -0.3 is 21.0 Å². The number of hydrogen-bond acceptors (Lipinski definition) is 5. The van der Waals surface area contributed by atoms with Crippen LogP contribution in [0.4, 0.5) is 0 Å². The van der Waals surface area contributed by atoms with Crippen LogP contribution in [0.3, 0.4) is 0 Å². The Hall–Kier alpha value is -2.54. The summed E-state index contributed by atoms with van der Waals surface area (Å²) in [6.07, 6.45) is 3.67. The van der Waals surface area contributed by atoms with Gasteiger partial charge in [-0.3, -0.25) is 4.68 Å². The van der Waals surface area contributed by atoms with Crippen LogP contribution in [0.15, 0.2) is 41.8 Å². The molecule has 0 saturated heterocycles. The van der Waals surface area contributed by atoms with E-state index in [9.17, 15) is 0 Å². The Morgan fingerprint density at radius 3 is 3.05 bits per heavy atom. The highest BCUT2D eigenvalue weighted by Crippen LogP contribution is 2.19. The molecule has 2 rings (SSSR count). The molecule has 7 nitrogen and oxygen atoms in total. The van der Waals surface area contributed by atoms with Crippen LogP contribution < -0.4 is 15.8 Å². The van der Waals surface area contributed by atoms with Crippen molar-refractivity contribution < 1.29 is 9.94 Å². The zero-order valence-corrected chi connectivity index (χ0v) is 11.9. The number of nitrogens with one attached hydrogen (secondary N) is 1. The van der Waals surface area contributed by atoms with E-state index in [0.29, 0.717) is 12.1 Å². The van der Waals surface area contributed by atoms with Gasteiger partial charge >= 0.3 is 0 Å². The van der Waals surface area contributed by atoms with Gasteiger partial charge in [0.1, 0.15) is 5.75 Å². The van der Waals surface area contributed by atoms with E-state index in [1.165, 1.54) is 0 Å². The molecule has 0 aliphatic carbocycles. The van der Waals surface area contributed by atoms with E-state index in [1.807, 2.05) is 23.0 Å². The molecule has 2 aromatic rings. The lowest BCUT2D eigenvalue weighted by atomic mass is 10.1. The number of amidine groups is 1. The van der Waals surface area contributed by atoms with Crippen LogP contribution in [-0.2, 0) is 13.1 Å². The number of nitrogens with two attached hydrogens (primary N) is 1. The molecule has 0 radical (unpaired) electrons. The monoisotopic (exact) mass is 289 g/mol. The van der Waals surface area contributed by atoms with Crippen molar-refractivity contribution in [3.63, 3.8) is 0 Å². The largest absolute Gasteiger partial charge is 0.496 e. The Kier molecular flexibility index (Phi) is 5.16. The van der Waals surface area contributed by atoms with Crippen molar-refractivity contribution in [2.75, 3.05) is 13.7 Å². The normalized spacial score (nSPS) is 11.6. The molecule has 0 bridgehead atoms. The van der Waals surface area contributed by atoms with Gasteiger partial charge in [-0.05, 0) is 24.3 Å². The third-order valence-electron chi connectivity index (χ3n) is 3.08. The summed E-state index contributed by atoms with van der Waals surface area (Å²) in [5.74, 6) is 0.839. The highest BCUT2D eigenvalue weighted by molar-refractivity contribution is 5.97. The topological polar surface area (TPSA) is 97.7 Å². The van der Waals surface area contributed by atoms with Gasteiger partial charge in [0.2, 0.25) is 0 Å². The maximum absolute atomic E-state index is 8.73. The second-order valence-corrected chi connectivity index (χ2v) is 4.46. The first kappa shape index (κ1) is 14.9. The fraction of sp³-hybridized carbons (Fsp3) is 0.286. The van der Waals surface area contributed by atoms with E-state index in [-0.39, 0.29) is 5.84 Å². The van der Waals surface area contributed by atoms with E-state index < -0.39 is 0 Å². The lowest BCUT2D eigenvalue weighted by Gasteiger charge is -2.11. The summed E-state index contributed by atoms with van der Waals surface area (Å²) in [6.45, 7) is 2.19. The Balaban J connectivity index is 1.97. The first-order valence-electron chi connectivity index (χ1n) is 6.57. The van der Waals surface area contributed by atoms with E-state index in [4.69, 9.17) is 15.7 Å². The van der Waals surface area contributed by atoms with Crippen LogP contribution in [0.25, 0.3) is 0 Å². The van der Waals surface area contributed by atoms with E-state index >= 15 is 0 Å². The lowest BCUT2D eigenvalue weighted by Crippen LogP contribution is -2.21. The summed E-state index contributed by atoms with van der Waals surface area (Å²) in [6, 6.07) is 7.29. The Morgan fingerprint density at radius 1 is 1.52 bits per heavy atom. The van der Waals surface area contributed by atoms with Gasteiger partial charge in [-0.15, -0.1) is 0 Å². The smallest absolute Gasteiger partial charge is 0.170 e. The number of rotatable bonds is 7. The molecule has 1 aromatic carbocycles. The van der Waals surface area contributed by atoms with Gasteiger partial charge in [0.25, 0.3) is 0 Å². The van der Waals surface area contributed by atoms with Crippen LogP contribution in [0.5, 0.6) is 5.75 Å². The van der Waals surface area contributed by atoms with Crippen molar-refractivity contribution in [2.24, 2.45) is 10.9 Å². The van der Waals surface area contributed by atoms with Crippen molar-refractivity contribution in [1.82, 2.24) is 15.1 Å². The zero-order valence-electron chi connectivity index (χ0n) is 11.9. The first-order valence-corrected chi connectivity index (χ1v) is 6.57. The molecule has 0 aliphatic rings. The highest BCUT2D eigenvalue weighted by Gasteiger charge is 2.07. The molecule has 7 heteroatoms. The molecule has 0 amide bonds. The average molecular weight is 289 g/mol. The molecule has 0 aliphatic heterocycles. The molecule has 0 spiro atoms. The quantitative estimate of drug-likeness (QED) is 0.230. The van der Waals surface area contributed by atoms with Crippen molar-refractivity contribution >= 4 is 5.84 Å². The van der Waals surface area contributed by atoms with Crippen LogP contribution in [0, 0.1) is 0 Å². The second-order valence-electron chi connectivity index (χ2n) is 4.46. The van der Waals surface area contributed by atoms with Crippen LogP contribution >= 0.6 is 0 Å². The third-order valence-corrected chi connectivity index (χ3v) is 3.08. The summed E-state index contributed by atoms with van der Waals surface area (Å²) in [4.78, 5) is 0. The predicted octanol–water partition coefficient (Wildman–Crippen LogP) is 0.776. The molecular weight excluding hydrogens is 270 g/mol. The number of nitrogens with zero attached hydrogens (tertiary/aromatic N) is 3. The second kappa shape index (κ2) is 7.30. The molecule has 0 saturated carbocycles. The minimum absolute atomic E-state index is 0.0791. The summed E-state index contributed by atoms with van der Waals surface area (Å²) in [7, 11) is 1.62. The summed E-state index contributed by atoms with van der Waals surface area (Å²) in [5.41, 5.74) is 7.20. The minimum atomic E-state index is 0.0791. The van der Waals surface area contributed by atoms with Gasteiger partial charge in [-0.2, -0.15) is 5.10 Å². The van der Waals surface area contributed by atoms with E-state index in [0.717, 1.165) is 24.4 Å². The van der Waals surface area contributed by atoms with Crippen LogP contribution in [-0.4, -0.2) is 34.5 Å². The van der Waals surface area contributed by atoms with Crippen molar-refractivity contribution in [3.05, 3.63) is 47.8 Å². The molecule has 112 valence electrons. The summed E-state index contributed by atoms with van der Waals surface area (Å²) in [5, 5.41) is 19.2. The number of methoxy groups -OCH3 is 1. The fourth-order valence-corrected chi connectivity index (χ4v) is 1.98. The number of oxime groups is 1. The molecule has 1 heterocycles. The Morgan fingerprint density at radius 2 is 2.38 bits per heavy atom. The fourth-order valence-electron chi connectivity index (χ4n) is 1.98. The molecule has 0 unspecified atom stereocenters. The lowest BCUT2D eigenvalue weighted by molar-refractivity contribution is 0.318. The van der Waals surface area contributed by atoms with Gasteiger partial charge in [0.05, 0.1) is 13.7 Å². The van der Waals surface area contributed by atoms with Gasteiger partial charge in [-0.25, -0.2) is 0 Å². The Bertz CT molecular complexity index is 595. The third kappa shape index (κ3) is 3.96. The molecule has 1 aromatic heterocycles. The van der Waals surface area contributed by atoms with Gasteiger partial charge in [-0.1, -0.05) is 5.16 Å². The molecule has 0 fully saturated rings. The van der Waals surface area contributed by atoms with Crippen LogP contribution in [0.1, 0.15) is 11.1 Å². The van der Waals surface area contributed by atoms with Crippen molar-refractivity contribution in [1.29, 1.82) is 0 Å². The number of hydrogen-bond donors (Lipinski definition) is 3. The van der Waals surface area contributed by atoms with E-state index in [2.05, 4.69) is 15.6 Å². The molecule has 0 atom stereocenters. The highest BCUT2D eigenvalue weighted by atomic mass is 16.5. The Labute approximate surface area is 123 Å². The summed E-state index contributed by atoms with van der Waals surface area (Å²) >= 11 is 0. The SMILES string of the molecule is COc1ccc(/C(N)=N/O)cc1CNCCn1cccn1. The average Bonchev–Trinajstić information content (AvgIpc) is 3.04. The minimum Gasteiger partial charge on any atom is -0.496 e. The van der Waals surface area contributed by atoms with E-state index in [1.54, 1.807) is 25.4 Å². The summed E-state index contributed by atoms with van der Waals surface area (Å²) < 4.78 is 7.17. The maximum Gasteiger partial charge on any atom is 0.170 e.